The Morgan fingerprint density at radius 2 is 0.667 bits per heavy atom. The molecule has 0 aliphatic rings. The van der Waals surface area contributed by atoms with Gasteiger partial charge < -0.3 is 9.80 Å². The molecule has 0 saturated carbocycles. The van der Waals surface area contributed by atoms with Crippen LogP contribution in [0.5, 0.6) is 0 Å². The van der Waals surface area contributed by atoms with Gasteiger partial charge in [0.15, 0.2) is 0 Å². The minimum atomic E-state index is 1.07. The molecule has 0 aliphatic carbocycles. The summed E-state index contributed by atoms with van der Waals surface area (Å²) in [5, 5.41) is 2.41. The van der Waals surface area contributed by atoms with Gasteiger partial charge in [0.1, 0.15) is 0 Å². The molecule has 48 heavy (non-hydrogen) atoms. The van der Waals surface area contributed by atoms with Crippen molar-refractivity contribution in [1.82, 2.24) is 0 Å². The van der Waals surface area contributed by atoms with Gasteiger partial charge in [-0.1, -0.05) is 140 Å². The van der Waals surface area contributed by atoms with E-state index in [9.17, 15) is 0 Å². The number of benzene rings is 8. The van der Waals surface area contributed by atoms with Crippen LogP contribution in [0.25, 0.3) is 33.0 Å². The van der Waals surface area contributed by atoms with E-state index in [1.54, 1.807) is 0 Å². The molecule has 0 amide bonds. The van der Waals surface area contributed by atoms with Crippen molar-refractivity contribution >= 4 is 44.9 Å². The van der Waals surface area contributed by atoms with Crippen LogP contribution in [0.2, 0.25) is 0 Å². The highest BCUT2D eigenvalue weighted by atomic mass is 15.2. The summed E-state index contributed by atoms with van der Waals surface area (Å²) in [6.45, 7) is 0. The van der Waals surface area contributed by atoms with E-state index in [1.807, 2.05) is 0 Å². The van der Waals surface area contributed by atoms with E-state index in [0.717, 1.165) is 34.1 Å². The van der Waals surface area contributed by atoms with E-state index in [0.29, 0.717) is 0 Å². The minimum Gasteiger partial charge on any atom is -0.310 e. The number of para-hydroxylation sites is 2. The normalized spacial score (nSPS) is 10.9. The maximum atomic E-state index is 2.40. The van der Waals surface area contributed by atoms with Gasteiger partial charge in [-0.2, -0.15) is 0 Å². The Hall–Kier alpha value is -6.38. The lowest BCUT2D eigenvalue weighted by Gasteiger charge is -2.31. The maximum absolute atomic E-state index is 2.40. The zero-order valence-electron chi connectivity index (χ0n) is 26.5. The number of rotatable bonds is 8. The lowest BCUT2D eigenvalue weighted by molar-refractivity contribution is 1.25. The Bertz CT molecular complexity index is 2220. The molecule has 0 fully saturated rings. The van der Waals surface area contributed by atoms with Gasteiger partial charge in [-0.3, -0.25) is 0 Å². The molecule has 228 valence electrons. The Balaban J connectivity index is 1.35. The lowest BCUT2D eigenvalue weighted by Crippen LogP contribution is -2.14. The third kappa shape index (κ3) is 5.84. The van der Waals surface area contributed by atoms with Crippen LogP contribution in [-0.2, 0) is 0 Å². The molecule has 0 atom stereocenters. The lowest BCUT2D eigenvalue weighted by atomic mass is 9.97. The summed E-state index contributed by atoms with van der Waals surface area (Å²) < 4.78 is 0. The van der Waals surface area contributed by atoms with Crippen molar-refractivity contribution in [2.75, 3.05) is 9.80 Å². The number of hydrogen-bond acceptors (Lipinski definition) is 2. The molecule has 0 saturated heterocycles. The molecule has 0 heterocycles. The highest BCUT2D eigenvalue weighted by Gasteiger charge is 2.20. The molecule has 0 aliphatic heterocycles. The Labute approximate surface area is 282 Å². The Morgan fingerprint density at radius 1 is 0.250 bits per heavy atom. The smallest absolute Gasteiger partial charge is 0.0546 e. The fourth-order valence-corrected chi connectivity index (χ4v) is 6.50. The number of fused-ring (bicyclic) bond motifs is 1. The second kappa shape index (κ2) is 13.2. The molecule has 0 N–H and O–H groups in total. The zero-order chi connectivity index (χ0) is 32.1. The Kier molecular flexibility index (Phi) is 7.96. The number of anilines is 6. The first kappa shape index (κ1) is 29.1. The van der Waals surface area contributed by atoms with Crippen LogP contribution in [-0.4, -0.2) is 0 Å². The summed E-state index contributed by atoms with van der Waals surface area (Å²) in [6.07, 6.45) is 0. The van der Waals surface area contributed by atoms with Gasteiger partial charge in [0.2, 0.25) is 0 Å². The highest BCUT2D eigenvalue weighted by Crippen LogP contribution is 2.45. The molecule has 2 nitrogen and oxygen atoms in total. The number of nitrogens with zero attached hydrogens (tertiary/aromatic N) is 2. The molecule has 0 aromatic heterocycles. The number of hydrogen-bond donors (Lipinski definition) is 0. The first-order chi connectivity index (χ1) is 23.8. The van der Waals surface area contributed by atoms with Gasteiger partial charge in [0, 0.05) is 34.0 Å². The summed E-state index contributed by atoms with van der Waals surface area (Å²) in [4.78, 5) is 4.72. The molecule has 2 heteroatoms. The second-order valence-electron chi connectivity index (χ2n) is 11.9. The summed E-state index contributed by atoms with van der Waals surface area (Å²) in [6, 6.07) is 73.5. The first-order valence-electron chi connectivity index (χ1n) is 16.4. The fraction of sp³-hybridized carbons (Fsp3) is 0. The third-order valence-corrected chi connectivity index (χ3v) is 8.80. The molecule has 0 radical (unpaired) electrons. The second-order valence-corrected chi connectivity index (χ2v) is 11.9. The molecule has 0 spiro atoms. The van der Waals surface area contributed by atoms with Crippen LogP contribution < -0.4 is 9.80 Å². The summed E-state index contributed by atoms with van der Waals surface area (Å²) in [7, 11) is 0. The van der Waals surface area contributed by atoms with E-state index in [4.69, 9.17) is 0 Å². The molecule has 0 unspecified atom stereocenters. The van der Waals surface area contributed by atoms with Crippen molar-refractivity contribution < 1.29 is 0 Å². The minimum absolute atomic E-state index is 1.07. The zero-order valence-corrected chi connectivity index (χ0v) is 26.5. The molecular formula is C46H34N2. The molecule has 0 bridgehead atoms. The van der Waals surface area contributed by atoms with Crippen LogP contribution in [0, 0.1) is 0 Å². The van der Waals surface area contributed by atoms with Gasteiger partial charge in [-0.05, 0) is 94.2 Å². The SMILES string of the molecule is c1ccc(-c2ccc(N(c3cccc(N(c4ccccc4)c4ccccc4)c3)c3cc4ccccc4cc3-c3ccccc3)cc2)cc1. The Morgan fingerprint density at radius 3 is 1.25 bits per heavy atom. The van der Waals surface area contributed by atoms with Crippen molar-refractivity contribution in [3.63, 3.8) is 0 Å². The van der Waals surface area contributed by atoms with Crippen molar-refractivity contribution in [2.45, 2.75) is 0 Å². The third-order valence-electron chi connectivity index (χ3n) is 8.80. The largest absolute Gasteiger partial charge is 0.310 e. The highest BCUT2D eigenvalue weighted by molar-refractivity contribution is 5.98. The molecular weight excluding hydrogens is 581 g/mol. The van der Waals surface area contributed by atoms with Crippen LogP contribution in [0.1, 0.15) is 0 Å². The van der Waals surface area contributed by atoms with Gasteiger partial charge in [-0.25, -0.2) is 0 Å². The summed E-state index contributed by atoms with van der Waals surface area (Å²) in [5.41, 5.74) is 11.3. The van der Waals surface area contributed by atoms with Gasteiger partial charge >= 0.3 is 0 Å². The molecule has 8 rings (SSSR count). The fourth-order valence-electron chi connectivity index (χ4n) is 6.50. The van der Waals surface area contributed by atoms with Gasteiger partial charge in [0.25, 0.3) is 0 Å². The van der Waals surface area contributed by atoms with Crippen molar-refractivity contribution in [3.05, 3.63) is 206 Å². The predicted molar refractivity (Wildman–Crippen MR) is 204 cm³/mol. The van der Waals surface area contributed by atoms with E-state index < -0.39 is 0 Å². The van der Waals surface area contributed by atoms with Gasteiger partial charge in [-0.15, -0.1) is 0 Å². The molecule has 8 aromatic carbocycles. The average Bonchev–Trinajstić information content (AvgIpc) is 3.17. The summed E-state index contributed by atoms with van der Waals surface area (Å²) >= 11 is 0. The quantitative estimate of drug-likeness (QED) is 0.168. The summed E-state index contributed by atoms with van der Waals surface area (Å²) in [5.74, 6) is 0. The average molecular weight is 615 g/mol. The molecule has 8 aromatic rings. The first-order valence-corrected chi connectivity index (χ1v) is 16.4. The van der Waals surface area contributed by atoms with E-state index in [1.165, 1.54) is 33.0 Å². The van der Waals surface area contributed by atoms with Crippen molar-refractivity contribution in [1.29, 1.82) is 0 Å². The van der Waals surface area contributed by atoms with Gasteiger partial charge in [0.05, 0.1) is 5.69 Å². The monoisotopic (exact) mass is 614 g/mol. The van der Waals surface area contributed by atoms with Crippen LogP contribution in [0.4, 0.5) is 34.1 Å². The van der Waals surface area contributed by atoms with E-state index in [2.05, 4.69) is 216 Å². The van der Waals surface area contributed by atoms with Crippen LogP contribution in [0.15, 0.2) is 206 Å². The van der Waals surface area contributed by atoms with E-state index in [-0.39, 0.29) is 0 Å². The van der Waals surface area contributed by atoms with E-state index >= 15 is 0 Å². The van der Waals surface area contributed by atoms with Crippen molar-refractivity contribution in [2.24, 2.45) is 0 Å². The van der Waals surface area contributed by atoms with Crippen molar-refractivity contribution in [3.8, 4) is 22.3 Å². The topological polar surface area (TPSA) is 6.48 Å². The predicted octanol–water partition coefficient (Wildman–Crippen LogP) is 13.1. The standard InChI is InChI=1S/C46H34N2/c1-5-16-35(17-6-1)36-28-30-42(31-29-36)48(46-33-39-21-14-13-20-38(39)32-45(46)37-18-7-2-8-19-37)44-27-15-26-43(34-44)47(40-22-9-3-10-23-40)41-24-11-4-12-25-41/h1-34H. The van der Waals surface area contributed by atoms with Crippen LogP contribution >= 0.6 is 0 Å². The maximum Gasteiger partial charge on any atom is 0.0546 e. The van der Waals surface area contributed by atoms with Crippen LogP contribution in [0.3, 0.4) is 0 Å².